The minimum Gasteiger partial charge on any atom is -0.506 e. The number of benzene rings is 1. The number of phenols is 1. The smallest absolute Gasteiger partial charge is 0.336 e. The highest BCUT2D eigenvalue weighted by molar-refractivity contribution is 5.91. The van der Waals surface area contributed by atoms with E-state index in [1.165, 1.54) is 13.1 Å². The number of anilines is 1. The van der Waals surface area contributed by atoms with Crippen molar-refractivity contribution in [3.05, 3.63) is 24.0 Å². The van der Waals surface area contributed by atoms with Gasteiger partial charge in [-0.05, 0) is 12.1 Å². The summed E-state index contributed by atoms with van der Waals surface area (Å²) in [4.78, 5) is 11.0. The van der Waals surface area contributed by atoms with Gasteiger partial charge in [-0.3, -0.25) is 0 Å². The Bertz CT molecular complexity index is 357. The lowest BCUT2D eigenvalue weighted by Crippen LogP contribution is -2.43. The van der Waals surface area contributed by atoms with Crippen LogP contribution in [-0.4, -0.2) is 18.2 Å². The molecule has 0 heterocycles. The molecule has 0 spiro atoms. The van der Waals surface area contributed by atoms with Gasteiger partial charge in [-0.2, -0.15) is 0 Å². The average Bonchev–Trinajstić information content (AvgIpc) is 2.15. The van der Waals surface area contributed by atoms with Gasteiger partial charge >= 0.3 is 6.03 Å². The number of amides is 2. The maximum Gasteiger partial charge on any atom is 0.336 e. The minimum atomic E-state index is -0.605. The number of aromatic hydroxyl groups is 1. The van der Waals surface area contributed by atoms with Crippen LogP contribution in [0.4, 0.5) is 14.9 Å². The first-order chi connectivity index (χ1) is 6.56. The van der Waals surface area contributed by atoms with Crippen molar-refractivity contribution in [2.45, 2.75) is 7.43 Å². The molecule has 0 aromatic heterocycles. The molecular weight excluding hydrogens is 201 g/mol. The summed E-state index contributed by atoms with van der Waals surface area (Å²) >= 11 is 0. The topological polar surface area (TPSA) is 78.6 Å². The normalized spacial score (nSPS) is 9.00. The third kappa shape index (κ3) is 2.81. The zero-order valence-corrected chi connectivity index (χ0v) is 7.49. The molecule has 15 heavy (non-hydrogen) atoms. The first-order valence-electron chi connectivity index (χ1n) is 3.81. The van der Waals surface area contributed by atoms with Gasteiger partial charge in [-0.15, -0.1) is 0 Å². The zero-order chi connectivity index (χ0) is 10.7. The van der Waals surface area contributed by atoms with Crippen molar-refractivity contribution < 1.29 is 14.3 Å². The van der Waals surface area contributed by atoms with E-state index in [0.29, 0.717) is 5.01 Å². The molecule has 0 atom stereocenters. The molecule has 0 radical (unpaired) electrons. The molecule has 0 bridgehead atoms. The van der Waals surface area contributed by atoms with E-state index in [-0.39, 0.29) is 13.1 Å². The van der Waals surface area contributed by atoms with Gasteiger partial charge in [0.1, 0.15) is 17.3 Å². The SMILES string of the molecule is C.CNC(=O)N(N)c1ccc(F)cc1O. The molecule has 4 N–H and O–H groups in total. The van der Waals surface area contributed by atoms with Crippen molar-refractivity contribution in [3.8, 4) is 5.75 Å². The number of rotatable bonds is 1. The van der Waals surface area contributed by atoms with Crippen LogP contribution in [0.2, 0.25) is 0 Å². The van der Waals surface area contributed by atoms with E-state index in [0.717, 1.165) is 12.1 Å². The van der Waals surface area contributed by atoms with E-state index in [9.17, 15) is 14.3 Å². The van der Waals surface area contributed by atoms with E-state index in [1.807, 2.05) is 0 Å². The Kier molecular flexibility index (Phi) is 4.53. The molecule has 84 valence electrons. The number of carbonyl (C=O) groups excluding carboxylic acids is 1. The molecule has 0 saturated carbocycles. The standard InChI is InChI=1S/C8H10FN3O2.CH4/c1-11-8(14)12(10)6-3-2-5(9)4-7(6)13;/h2-4,13H,10H2,1H3,(H,11,14);1H4. The van der Waals surface area contributed by atoms with Gasteiger partial charge in [0.05, 0.1) is 0 Å². The largest absolute Gasteiger partial charge is 0.506 e. The summed E-state index contributed by atoms with van der Waals surface area (Å²) in [5.74, 6) is 4.35. The van der Waals surface area contributed by atoms with Crippen LogP contribution in [0.1, 0.15) is 7.43 Å². The fourth-order valence-electron chi connectivity index (χ4n) is 0.930. The van der Waals surface area contributed by atoms with Gasteiger partial charge < -0.3 is 10.4 Å². The molecule has 0 unspecified atom stereocenters. The van der Waals surface area contributed by atoms with E-state index in [2.05, 4.69) is 5.32 Å². The highest BCUT2D eigenvalue weighted by Gasteiger charge is 2.13. The summed E-state index contributed by atoms with van der Waals surface area (Å²) in [5.41, 5.74) is 0.0331. The molecule has 2 amide bonds. The van der Waals surface area contributed by atoms with E-state index in [4.69, 9.17) is 5.84 Å². The molecule has 0 aliphatic carbocycles. The first kappa shape index (κ1) is 13.2. The predicted octanol–water partition coefficient (Wildman–Crippen LogP) is 1.19. The minimum absolute atomic E-state index is 0. The molecular formula is C9H14FN3O2. The van der Waals surface area contributed by atoms with Gasteiger partial charge in [0.25, 0.3) is 0 Å². The number of hydrogen-bond acceptors (Lipinski definition) is 3. The van der Waals surface area contributed by atoms with Gasteiger partial charge in [-0.25, -0.2) is 20.0 Å². The Hall–Kier alpha value is -1.82. The Morgan fingerprint density at radius 2 is 2.20 bits per heavy atom. The number of nitrogens with two attached hydrogens (primary N) is 1. The third-order valence-electron chi connectivity index (χ3n) is 1.63. The molecule has 0 saturated heterocycles. The quantitative estimate of drug-likeness (QED) is 0.374. The maximum atomic E-state index is 12.6. The second kappa shape index (κ2) is 5.16. The van der Waals surface area contributed by atoms with Crippen LogP contribution < -0.4 is 16.2 Å². The third-order valence-corrected chi connectivity index (χ3v) is 1.63. The van der Waals surface area contributed by atoms with Gasteiger partial charge in [0.2, 0.25) is 0 Å². The highest BCUT2D eigenvalue weighted by Crippen LogP contribution is 2.25. The number of phenolic OH excluding ortho intramolecular Hbond substituents is 1. The molecule has 6 heteroatoms. The van der Waals surface area contributed by atoms with Crippen molar-refractivity contribution in [1.82, 2.24) is 5.32 Å². The van der Waals surface area contributed by atoms with Crippen LogP contribution in [0.15, 0.2) is 18.2 Å². The molecule has 1 aromatic rings. The van der Waals surface area contributed by atoms with E-state index in [1.54, 1.807) is 0 Å². The molecule has 5 nitrogen and oxygen atoms in total. The Balaban J connectivity index is 0.00000196. The molecule has 0 fully saturated rings. The van der Waals surface area contributed by atoms with E-state index >= 15 is 0 Å². The van der Waals surface area contributed by atoms with Gasteiger partial charge in [0, 0.05) is 13.1 Å². The van der Waals surface area contributed by atoms with Crippen LogP contribution in [0, 0.1) is 5.82 Å². The highest BCUT2D eigenvalue weighted by atomic mass is 19.1. The Labute approximate surface area is 87.3 Å². The number of carbonyl (C=O) groups is 1. The monoisotopic (exact) mass is 215 g/mol. The summed E-state index contributed by atoms with van der Waals surface area (Å²) in [6.45, 7) is 0. The number of nitrogens with zero attached hydrogens (tertiary/aromatic N) is 1. The summed E-state index contributed by atoms with van der Waals surface area (Å²) < 4.78 is 12.6. The summed E-state index contributed by atoms with van der Waals surface area (Å²) in [6.07, 6.45) is 0. The van der Waals surface area contributed by atoms with Crippen molar-refractivity contribution in [2.75, 3.05) is 12.1 Å². The fourth-order valence-corrected chi connectivity index (χ4v) is 0.930. The molecule has 0 aliphatic rings. The molecule has 0 aliphatic heterocycles. The lowest BCUT2D eigenvalue weighted by Gasteiger charge is -2.16. The van der Waals surface area contributed by atoms with Crippen LogP contribution >= 0.6 is 0 Å². The van der Waals surface area contributed by atoms with Crippen molar-refractivity contribution in [3.63, 3.8) is 0 Å². The van der Waals surface area contributed by atoms with Crippen LogP contribution in [0.5, 0.6) is 5.75 Å². The van der Waals surface area contributed by atoms with Crippen LogP contribution in [0.25, 0.3) is 0 Å². The lowest BCUT2D eigenvalue weighted by molar-refractivity contribution is 0.248. The Morgan fingerprint density at radius 1 is 1.60 bits per heavy atom. The van der Waals surface area contributed by atoms with Crippen molar-refractivity contribution in [2.24, 2.45) is 5.84 Å². The fraction of sp³-hybridized carbons (Fsp3) is 0.222. The van der Waals surface area contributed by atoms with Crippen molar-refractivity contribution >= 4 is 11.7 Å². The number of urea groups is 1. The summed E-state index contributed by atoms with van der Waals surface area (Å²) in [6, 6.07) is 2.57. The van der Waals surface area contributed by atoms with Gasteiger partial charge in [-0.1, -0.05) is 7.43 Å². The van der Waals surface area contributed by atoms with Crippen molar-refractivity contribution in [1.29, 1.82) is 0 Å². The number of hydrazine groups is 1. The van der Waals surface area contributed by atoms with Gasteiger partial charge in [0.15, 0.2) is 0 Å². The number of nitrogens with one attached hydrogen (secondary N) is 1. The molecule has 1 rings (SSSR count). The number of hydrogen-bond donors (Lipinski definition) is 3. The van der Waals surface area contributed by atoms with Crippen LogP contribution in [0.3, 0.4) is 0 Å². The molecule has 1 aromatic carbocycles. The zero-order valence-electron chi connectivity index (χ0n) is 7.49. The Morgan fingerprint density at radius 3 is 2.67 bits per heavy atom. The summed E-state index contributed by atoms with van der Waals surface area (Å²) in [5, 5.41) is 12.2. The number of halogens is 1. The second-order valence-corrected chi connectivity index (χ2v) is 2.56. The maximum absolute atomic E-state index is 12.6. The predicted molar refractivity (Wildman–Crippen MR) is 55.9 cm³/mol. The van der Waals surface area contributed by atoms with E-state index < -0.39 is 17.6 Å². The first-order valence-corrected chi connectivity index (χ1v) is 3.81. The van der Waals surface area contributed by atoms with Crippen LogP contribution in [-0.2, 0) is 0 Å². The average molecular weight is 215 g/mol. The second-order valence-electron chi connectivity index (χ2n) is 2.56. The lowest BCUT2D eigenvalue weighted by atomic mass is 10.3. The summed E-state index contributed by atoms with van der Waals surface area (Å²) in [7, 11) is 1.39.